The molecule has 0 heterocycles. The summed E-state index contributed by atoms with van der Waals surface area (Å²) >= 11 is 0. The summed E-state index contributed by atoms with van der Waals surface area (Å²) in [6.07, 6.45) is 2.16. The van der Waals surface area contributed by atoms with E-state index in [-0.39, 0.29) is 17.5 Å². The number of Topliss-reactive ketones (excluding diaryl/α,β-unsaturated/α-hetero) is 2. The third-order valence-corrected chi connectivity index (χ3v) is 3.10. The van der Waals surface area contributed by atoms with Gasteiger partial charge in [-0.2, -0.15) is 0 Å². The van der Waals surface area contributed by atoms with Crippen molar-refractivity contribution in [3.05, 3.63) is 35.4 Å². The van der Waals surface area contributed by atoms with Crippen LogP contribution in [0, 0.1) is 0 Å². The van der Waals surface area contributed by atoms with Crippen molar-refractivity contribution in [2.24, 2.45) is 0 Å². The fourth-order valence-corrected chi connectivity index (χ4v) is 1.78. The van der Waals surface area contributed by atoms with Crippen molar-refractivity contribution in [1.82, 2.24) is 5.32 Å². The zero-order valence-corrected chi connectivity index (χ0v) is 12.1. The van der Waals surface area contributed by atoms with Crippen LogP contribution >= 0.6 is 0 Å². The van der Waals surface area contributed by atoms with E-state index in [0.717, 1.165) is 0 Å². The number of carbonyl (C=O) groups excluding carboxylic acids is 3. The van der Waals surface area contributed by atoms with Crippen LogP contribution in [0.5, 0.6) is 0 Å². The number of carbonyl (C=O) groups is 3. The van der Waals surface area contributed by atoms with Crippen LogP contribution in [-0.2, 0) is 4.79 Å². The van der Waals surface area contributed by atoms with Gasteiger partial charge in [0.1, 0.15) is 5.78 Å². The SMILES string of the molecule is CCC(=O)CCCNC(=O)c1ccc(C(=O)CC)cc1. The molecule has 0 unspecified atom stereocenters. The molecule has 0 aliphatic rings. The second-order valence-electron chi connectivity index (χ2n) is 4.61. The molecule has 1 amide bonds. The molecule has 0 saturated heterocycles. The van der Waals surface area contributed by atoms with Gasteiger partial charge in [-0.3, -0.25) is 14.4 Å². The minimum Gasteiger partial charge on any atom is -0.352 e. The van der Waals surface area contributed by atoms with Crippen LogP contribution in [0.4, 0.5) is 0 Å². The fraction of sp³-hybridized carbons (Fsp3) is 0.438. The smallest absolute Gasteiger partial charge is 0.251 e. The summed E-state index contributed by atoms with van der Waals surface area (Å²) in [6, 6.07) is 6.63. The highest BCUT2D eigenvalue weighted by Crippen LogP contribution is 2.07. The van der Waals surface area contributed by atoms with E-state index in [9.17, 15) is 14.4 Å². The zero-order valence-electron chi connectivity index (χ0n) is 12.1. The molecule has 1 aromatic carbocycles. The number of ketones is 2. The lowest BCUT2D eigenvalue weighted by Gasteiger charge is -2.05. The van der Waals surface area contributed by atoms with Crippen LogP contribution in [-0.4, -0.2) is 24.0 Å². The van der Waals surface area contributed by atoms with Gasteiger partial charge in [0.2, 0.25) is 0 Å². The number of hydrogen-bond acceptors (Lipinski definition) is 3. The van der Waals surface area contributed by atoms with Crippen molar-refractivity contribution in [2.45, 2.75) is 39.5 Å². The largest absolute Gasteiger partial charge is 0.352 e. The highest BCUT2D eigenvalue weighted by Gasteiger charge is 2.07. The van der Waals surface area contributed by atoms with Gasteiger partial charge in [0.05, 0.1) is 0 Å². The first kappa shape index (κ1) is 16.1. The lowest BCUT2D eigenvalue weighted by molar-refractivity contribution is -0.118. The summed E-state index contributed by atoms with van der Waals surface area (Å²) in [7, 11) is 0. The predicted octanol–water partition coefficient (Wildman–Crippen LogP) is 2.77. The molecule has 0 spiro atoms. The molecule has 4 nitrogen and oxygen atoms in total. The van der Waals surface area contributed by atoms with Crippen molar-refractivity contribution >= 4 is 17.5 Å². The highest BCUT2D eigenvalue weighted by molar-refractivity contribution is 5.98. The van der Waals surface area contributed by atoms with Crippen LogP contribution in [0.15, 0.2) is 24.3 Å². The van der Waals surface area contributed by atoms with Crippen molar-refractivity contribution in [3.63, 3.8) is 0 Å². The summed E-state index contributed by atoms with van der Waals surface area (Å²) in [5.41, 5.74) is 1.15. The summed E-state index contributed by atoms with van der Waals surface area (Å²) in [4.78, 5) is 34.4. The standard InChI is InChI=1S/C16H21NO3/c1-3-14(18)6-5-11-17-16(20)13-9-7-12(8-10-13)15(19)4-2/h7-10H,3-6,11H2,1-2H3,(H,17,20). The Bertz CT molecular complexity index is 477. The Morgan fingerprint density at radius 1 is 0.950 bits per heavy atom. The lowest BCUT2D eigenvalue weighted by Crippen LogP contribution is -2.24. The van der Waals surface area contributed by atoms with E-state index >= 15 is 0 Å². The Kier molecular flexibility index (Phi) is 6.64. The highest BCUT2D eigenvalue weighted by atomic mass is 16.1. The van der Waals surface area contributed by atoms with E-state index < -0.39 is 0 Å². The van der Waals surface area contributed by atoms with Gasteiger partial charge in [-0.1, -0.05) is 26.0 Å². The quantitative estimate of drug-likeness (QED) is 0.586. The molecule has 1 rings (SSSR count). The van der Waals surface area contributed by atoms with Gasteiger partial charge in [0, 0.05) is 36.9 Å². The first-order valence-electron chi connectivity index (χ1n) is 7.01. The zero-order chi connectivity index (χ0) is 15.0. The normalized spacial score (nSPS) is 10.1. The van der Waals surface area contributed by atoms with Gasteiger partial charge in [-0.05, 0) is 18.6 Å². The summed E-state index contributed by atoms with van der Waals surface area (Å²) < 4.78 is 0. The minimum atomic E-state index is -0.176. The number of nitrogens with one attached hydrogen (secondary N) is 1. The number of rotatable bonds is 8. The van der Waals surface area contributed by atoms with Gasteiger partial charge in [0.25, 0.3) is 5.91 Å². The molecule has 1 N–H and O–H groups in total. The molecule has 0 atom stereocenters. The first-order valence-corrected chi connectivity index (χ1v) is 7.01. The van der Waals surface area contributed by atoms with Gasteiger partial charge < -0.3 is 5.32 Å². The monoisotopic (exact) mass is 275 g/mol. The minimum absolute atomic E-state index is 0.0648. The van der Waals surface area contributed by atoms with E-state index in [4.69, 9.17) is 0 Å². The van der Waals surface area contributed by atoms with Crippen molar-refractivity contribution in [3.8, 4) is 0 Å². The summed E-state index contributed by atoms with van der Waals surface area (Å²) in [6.45, 7) is 4.13. The average Bonchev–Trinajstić information content (AvgIpc) is 2.50. The Balaban J connectivity index is 2.44. The molecule has 0 bridgehead atoms. The molecule has 4 heteroatoms. The molecule has 20 heavy (non-hydrogen) atoms. The first-order chi connectivity index (χ1) is 9.58. The molecule has 0 fully saturated rings. The van der Waals surface area contributed by atoms with Gasteiger partial charge in [0.15, 0.2) is 5.78 Å². The molecule has 0 aliphatic heterocycles. The van der Waals surface area contributed by atoms with Gasteiger partial charge >= 0.3 is 0 Å². The second kappa shape index (κ2) is 8.25. The molecule has 0 aromatic heterocycles. The van der Waals surface area contributed by atoms with Crippen LogP contribution < -0.4 is 5.32 Å². The third kappa shape index (κ3) is 4.96. The average molecular weight is 275 g/mol. The molecule has 108 valence electrons. The predicted molar refractivity (Wildman–Crippen MR) is 77.9 cm³/mol. The van der Waals surface area contributed by atoms with E-state index in [1.54, 1.807) is 31.2 Å². The Morgan fingerprint density at radius 2 is 1.55 bits per heavy atom. The summed E-state index contributed by atoms with van der Waals surface area (Å²) in [5, 5.41) is 2.76. The topological polar surface area (TPSA) is 63.2 Å². The molecular formula is C16H21NO3. The van der Waals surface area contributed by atoms with Crippen LogP contribution in [0.3, 0.4) is 0 Å². The van der Waals surface area contributed by atoms with E-state index in [0.29, 0.717) is 43.4 Å². The summed E-state index contributed by atoms with van der Waals surface area (Å²) in [5.74, 6) is 0.0983. The maximum absolute atomic E-state index is 11.8. The van der Waals surface area contributed by atoms with Crippen molar-refractivity contribution in [1.29, 1.82) is 0 Å². The Labute approximate surface area is 119 Å². The second-order valence-corrected chi connectivity index (χ2v) is 4.61. The molecular weight excluding hydrogens is 254 g/mol. The maximum atomic E-state index is 11.8. The number of amides is 1. The van der Waals surface area contributed by atoms with E-state index in [1.807, 2.05) is 6.92 Å². The van der Waals surface area contributed by atoms with Crippen molar-refractivity contribution < 1.29 is 14.4 Å². The van der Waals surface area contributed by atoms with Crippen molar-refractivity contribution in [2.75, 3.05) is 6.54 Å². The van der Waals surface area contributed by atoms with Gasteiger partial charge in [-0.25, -0.2) is 0 Å². The Hall–Kier alpha value is -1.97. The molecule has 1 aromatic rings. The van der Waals surface area contributed by atoms with Crippen LogP contribution in [0.2, 0.25) is 0 Å². The number of benzene rings is 1. The van der Waals surface area contributed by atoms with Gasteiger partial charge in [-0.15, -0.1) is 0 Å². The maximum Gasteiger partial charge on any atom is 0.251 e. The number of hydrogen-bond donors (Lipinski definition) is 1. The lowest BCUT2D eigenvalue weighted by atomic mass is 10.1. The molecule has 0 saturated carbocycles. The van der Waals surface area contributed by atoms with E-state index in [1.165, 1.54) is 0 Å². The molecule has 0 radical (unpaired) electrons. The fourth-order valence-electron chi connectivity index (χ4n) is 1.78. The molecule has 0 aliphatic carbocycles. The van der Waals surface area contributed by atoms with Crippen LogP contribution in [0.1, 0.15) is 60.2 Å². The van der Waals surface area contributed by atoms with E-state index in [2.05, 4.69) is 5.32 Å². The van der Waals surface area contributed by atoms with Crippen LogP contribution in [0.25, 0.3) is 0 Å². The third-order valence-electron chi connectivity index (χ3n) is 3.10. The Morgan fingerprint density at radius 3 is 2.10 bits per heavy atom.